The standard InChI is InChI=1S/C15H16ClN3/c1-10-4-5-12-6-7-19(14(12)8-10)9-13-11(2)17-18(3)15(13)16/h4-8H,9H2,1-3H3. The van der Waals surface area contributed by atoms with Crippen LogP contribution in [0.25, 0.3) is 10.9 Å². The summed E-state index contributed by atoms with van der Waals surface area (Å²) >= 11 is 6.30. The van der Waals surface area contributed by atoms with Crippen LogP contribution in [0.2, 0.25) is 5.15 Å². The molecular weight excluding hydrogens is 258 g/mol. The number of hydrogen-bond acceptors (Lipinski definition) is 1. The van der Waals surface area contributed by atoms with Gasteiger partial charge in [0.1, 0.15) is 5.15 Å². The molecule has 3 nitrogen and oxygen atoms in total. The Kier molecular flexibility index (Phi) is 2.86. The van der Waals surface area contributed by atoms with E-state index in [9.17, 15) is 0 Å². The van der Waals surface area contributed by atoms with Crippen molar-refractivity contribution in [2.45, 2.75) is 20.4 Å². The number of benzene rings is 1. The molecule has 0 radical (unpaired) electrons. The molecule has 1 aromatic carbocycles. The molecule has 0 N–H and O–H groups in total. The molecule has 0 amide bonds. The Balaban J connectivity index is 2.08. The van der Waals surface area contributed by atoms with Gasteiger partial charge in [0, 0.05) is 24.3 Å². The summed E-state index contributed by atoms with van der Waals surface area (Å²) in [5.41, 5.74) is 4.57. The molecule has 0 bridgehead atoms. The molecule has 0 aliphatic heterocycles. The Morgan fingerprint density at radius 1 is 1.21 bits per heavy atom. The van der Waals surface area contributed by atoms with Crippen LogP contribution in [0.1, 0.15) is 16.8 Å². The van der Waals surface area contributed by atoms with Crippen LogP contribution in [-0.4, -0.2) is 14.3 Å². The first-order chi connectivity index (χ1) is 9.06. The summed E-state index contributed by atoms with van der Waals surface area (Å²) in [5, 5.41) is 6.33. The third-order valence-corrected chi connectivity index (χ3v) is 4.00. The minimum atomic E-state index is 0.715. The van der Waals surface area contributed by atoms with Gasteiger partial charge < -0.3 is 4.57 Å². The molecule has 0 fully saturated rings. The van der Waals surface area contributed by atoms with Crippen molar-refractivity contribution in [3.8, 4) is 0 Å². The first kappa shape index (κ1) is 12.3. The van der Waals surface area contributed by atoms with E-state index in [4.69, 9.17) is 11.6 Å². The predicted molar refractivity (Wildman–Crippen MR) is 78.7 cm³/mol. The summed E-state index contributed by atoms with van der Waals surface area (Å²) in [7, 11) is 1.87. The second-order valence-electron chi connectivity index (χ2n) is 4.98. The fraction of sp³-hybridized carbons (Fsp3) is 0.267. The van der Waals surface area contributed by atoms with Crippen molar-refractivity contribution in [3.05, 3.63) is 52.4 Å². The lowest BCUT2D eigenvalue weighted by atomic mass is 10.2. The zero-order chi connectivity index (χ0) is 13.6. The molecule has 2 heterocycles. The Morgan fingerprint density at radius 3 is 2.68 bits per heavy atom. The van der Waals surface area contributed by atoms with Crippen LogP contribution in [0.15, 0.2) is 30.5 Å². The van der Waals surface area contributed by atoms with Crippen LogP contribution in [0.5, 0.6) is 0 Å². The highest BCUT2D eigenvalue weighted by atomic mass is 35.5. The summed E-state index contributed by atoms with van der Waals surface area (Å²) in [5.74, 6) is 0. The van der Waals surface area contributed by atoms with E-state index in [1.54, 1.807) is 4.68 Å². The summed E-state index contributed by atoms with van der Waals surface area (Å²) in [6.45, 7) is 4.86. The normalized spacial score (nSPS) is 11.4. The molecule has 0 saturated carbocycles. The van der Waals surface area contributed by atoms with Gasteiger partial charge in [-0.3, -0.25) is 4.68 Å². The van der Waals surface area contributed by atoms with E-state index >= 15 is 0 Å². The number of nitrogens with zero attached hydrogens (tertiary/aromatic N) is 3. The molecule has 3 rings (SSSR count). The zero-order valence-corrected chi connectivity index (χ0v) is 12.1. The van der Waals surface area contributed by atoms with Crippen LogP contribution in [0, 0.1) is 13.8 Å². The SMILES string of the molecule is Cc1ccc2ccn(Cc3c(C)nn(C)c3Cl)c2c1. The van der Waals surface area contributed by atoms with Crippen molar-refractivity contribution in [3.63, 3.8) is 0 Å². The zero-order valence-electron chi connectivity index (χ0n) is 11.3. The lowest BCUT2D eigenvalue weighted by Gasteiger charge is -2.06. The largest absolute Gasteiger partial charge is 0.343 e. The maximum absolute atomic E-state index is 6.30. The van der Waals surface area contributed by atoms with Crippen LogP contribution in [0.3, 0.4) is 0 Å². The van der Waals surface area contributed by atoms with Gasteiger partial charge in [0.05, 0.1) is 12.2 Å². The van der Waals surface area contributed by atoms with Crippen LogP contribution in [0.4, 0.5) is 0 Å². The average molecular weight is 274 g/mol. The van der Waals surface area contributed by atoms with Gasteiger partial charge >= 0.3 is 0 Å². The summed E-state index contributed by atoms with van der Waals surface area (Å²) in [6.07, 6.45) is 2.10. The highest BCUT2D eigenvalue weighted by Crippen LogP contribution is 2.23. The number of aromatic nitrogens is 3. The van der Waals surface area contributed by atoms with Gasteiger partial charge in [-0.2, -0.15) is 5.10 Å². The van der Waals surface area contributed by atoms with Gasteiger partial charge in [-0.15, -0.1) is 0 Å². The molecule has 0 spiro atoms. The second kappa shape index (κ2) is 4.42. The average Bonchev–Trinajstić information content (AvgIpc) is 2.86. The Morgan fingerprint density at radius 2 is 2.00 bits per heavy atom. The Bertz CT molecular complexity index is 752. The fourth-order valence-electron chi connectivity index (χ4n) is 2.46. The molecular formula is C15H16ClN3. The Hall–Kier alpha value is -1.74. The molecule has 4 heteroatoms. The quantitative estimate of drug-likeness (QED) is 0.698. The van der Waals surface area contributed by atoms with E-state index < -0.39 is 0 Å². The minimum Gasteiger partial charge on any atom is -0.343 e. The van der Waals surface area contributed by atoms with Crippen LogP contribution < -0.4 is 0 Å². The van der Waals surface area contributed by atoms with E-state index in [1.807, 2.05) is 14.0 Å². The lowest BCUT2D eigenvalue weighted by molar-refractivity contribution is 0.757. The molecule has 98 valence electrons. The summed E-state index contributed by atoms with van der Waals surface area (Å²) in [4.78, 5) is 0. The van der Waals surface area contributed by atoms with Crippen molar-refractivity contribution >= 4 is 22.5 Å². The molecule has 0 aliphatic carbocycles. The highest BCUT2D eigenvalue weighted by Gasteiger charge is 2.12. The van der Waals surface area contributed by atoms with Gasteiger partial charge in [0.25, 0.3) is 0 Å². The van der Waals surface area contributed by atoms with E-state index in [2.05, 4.69) is 47.1 Å². The van der Waals surface area contributed by atoms with Crippen molar-refractivity contribution in [2.75, 3.05) is 0 Å². The molecule has 0 unspecified atom stereocenters. The fourth-order valence-corrected chi connectivity index (χ4v) is 2.69. The van der Waals surface area contributed by atoms with Crippen molar-refractivity contribution < 1.29 is 0 Å². The number of aryl methyl sites for hydroxylation is 3. The molecule has 0 aliphatic rings. The smallest absolute Gasteiger partial charge is 0.131 e. The van der Waals surface area contributed by atoms with E-state index in [0.29, 0.717) is 5.15 Å². The van der Waals surface area contributed by atoms with Gasteiger partial charge in [-0.1, -0.05) is 23.7 Å². The Labute approximate surface area is 117 Å². The second-order valence-corrected chi connectivity index (χ2v) is 5.34. The summed E-state index contributed by atoms with van der Waals surface area (Å²) in [6, 6.07) is 8.62. The van der Waals surface area contributed by atoms with Gasteiger partial charge in [-0.05, 0) is 36.9 Å². The van der Waals surface area contributed by atoms with Crippen molar-refractivity contribution in [2.24, 2.45) is 7.05 Å². The van der Waals surface area contributed by atoms with Crippen molar-refractivity contribution in [1.82, 2.24) is 14.3 Å². The van der Waals surface area contributed by atoms with Gasteiger partial charge in [0.2, 0.25) is 0 Å². The number of fused-ring (bicyclic) bond motifs is 1. The number of rotatable bonds is 2. The lowest BCUT2D eigenvalue weighted by Crippen LogP contribution is -1.99. The number of hydrogen-bond donors (Lipinski definition) is 0. The first-order valence-corrected chi connectivity index (χ1v) is 6.67. The topological polar surface area (TPSA) is 22.8 Å². The van der Waals surface area contributed by atoms with Crippen LogP contribution >= 0.6 is 11.6 Å². The van der Waals surface area contributed by atoms with Gasteiger partial charge in [0.15, 0.2) is 0 Å². The van der Waals surface area contributed by atoms with Crippen LogP contribution in [-0.2, 0) is 13.6 Å². The third-order valence-electron chi connectivity index (χ3n) is 3.53. The maximum atomic E-state index is 6.30. The van der Waals surface area contributed by atoms with Gasteiger partial charge in [-0.25, -0.2) is 0 Å². The molecule has 19 heavy (non-hydrogen) atoms. The molecule has 2 aromatic heterocycles. The predicted octanol–water partition coefficient (Wildman–Crippen LogP) is 3.69. The third kappa shape index (κ3) is 2.04. The van der Waals surface area contributed by atoms with E-state index in [0.717, 1.165) is 17.8 Å². The molecule has 3 aromatic rings. The number of halogens is 1. The molecule has 0 saturated heterocycles. The van der Waals surface area contributed by atoms with E-state index in [1.165, 1.54) is 16.5 Å². The minimum absolute atomic E-state index is 0.715. The monoisotopic (exact) mass is 273 g/mol. The maximum Gasteiger partial charge on any atom is 0.131 e. The van der Waals surface area contributed by atoms with Crippen molar-refractivity contribution in [1.29, 1.82) is 0 Å². The van der Waals surface area contributed by atoms with E-state index in [-0.39, 0.29) is 0 Å². The molecule has 0 atom stereocenters. The highest BCUT2D eigenvalue weighted by molar-refractivity contribution is 6.30. The first-order valence-electron chi connectivity index (χ1n) is 6.30. The summed E-state index contributed by atoms with van der Waals surface area (Å²) < 4.78 is 3.95.